The van der Waals surface area contributed by atoms with Gasteiger partial charge in [0.1, 0.15) is 11.9 Å². The fourth-order valence-electron chi connectivity index (χ4n) is 2.26. The second-order valence-corrected chi connectivity index (χ2v) is 4.77. The van der Waals surface area contributed by atoms with E-state index in [1.54, 1.807) is 0 Å². The molecule has 110 valence electrons. The summed E-state index contributed by atoms with van der Waals surface area (Å²) in [6, 6.07) is 17.8. The third-order valence-electron chi connectivity index (χ3n) is 3.23. The van der Waals surface area contributed by atoms with E-state index in [9.17, 15) is 0 Å². The Labute approximate surface area is 141 Å². The Morgan fingerprint density at radius 1 is 1.14 bits per heavy atom. The Morgan fingerprint density at radius 2 is 1.86 bits per heavy atom. The molecule has 0 saturated carbocycles. The molecule has 0 radical (unpaired) electrons. The normalized spacial score (nSPS) is 16.6. The van der Waals surface area contributed by atoms with Crippen molar-refractivity contribution in [1.82, 2.24) is 0 Å². The number of nitrogens with zero attached hydrogens (tertiary/aromatic N) is 1. The van der Waals surface area contributed by atoms with Crippen LogP contribution < -0.4 is 15.8 Å². The van der Waals surface area contributed by atoms with Crippen LogP contribution in [-0.4, -0.2) is 18.6 Å². The van der Waals surface area contributed by atoms with Gasteiger partial charge < -0.3 is 15.8 Å². The van der Waals surface area contributed by atoms with Crippen LogP contribution in [-0.2, 0) is 6.42 Å². The standard InChI is InChI=1S/C16H17N3O.HI/c17-16(19-13-7-2-1-3-8-13)18-11-14-10-12-6-4-5-9-15(12)20-14;/h1-9,14H,10-11H2,(H3,17,18,19);1H. The largest absolute Gasteiger partial charge is 0.488 e. The molecular formula is C16H18IN3O. The lowest BCUT2D eigenvalue weighted by atomic mass is 10.1. The number of fused-ring (bicyclic) bond motifs is 1. The van der Waals surface area contributed by atoms with Gasteiger partial charge in [-0.1, -0.05) is 36.4 Å². The minimum absolute atomic E-state index is 0. The average Bonchev–Trinajstić information content (AvgIpc) is 2.89. The van der Waals surface area contributed by atoms with E-state index in [0.717, 1.165) is 17.9 Å². The van der Waals surface area contributed by atoms with Crippen LogP contribution >= 0.6 is 24.0 Å². The van der Waals surface area contributed by atoms with Crippen LogP contribution in [0.25, 0.3) is 0 Å². The van der Waals surface area contributed by atoms with Crippen LogP contribution in [0.3, 0.4) is 0 Å². The van der Waals surface area contributed by atoms with E-state index in [-0.39, 0.29) is 30.1 Å². The molecule has 3 rings (SSSR count). The van der Waals surface area contributed by atoms with Gasteiger partial charge in [0, 0.05) is 12.1 Å². The molecule has 0 spiro atoms. The lowest BCUT2D eigenvalue weighted by Crippen LogP contribution is -2.26. The molecule has 0 bridgehead atoms. The Morgan fingerprint density at radius 3 is 2.62 bits per heavy atom. The molecule has 21 heavy (non-hydrogen) atoms. The molecule has 3 N–H and O–H groups in total. The molecule has 2 aromatic carbocycles. The third kappa shape index (κ3) is 4.10. The first-order valence-corrected chi connectivity index (χ1v) is 6.68. The van der Waals surface area contributed by atoms with E-state index >= 15 is 0 Å². The summed E-state index contributed by atoms with van der Waals surface area (Å²) in [5.74, 6) is 1.37. The zero-order valence-corrected chi connectivity index (χ0v) is 13.9. The number of hydrogen-bond acceptors (Lipinski definition) is 2. The summed E-state index contributed by atoms with van der Waals surface area (Å²) in [7, 11) is 0. The maximum atomic E-state index is 5.87. The Kier molecular flexibility index (Phi) is 5.44. The molecular weight excluding hydrogens is 377 g/mol. The highest BCUT2D eigenvalue weighted by molar-refractivity contribution is 14.0. The fourth-order valence-corrected chi connectivity index (χ4v) is 2.26. The highest BCUT2D eigenvalue weighted by Gasteiger charge is 2.21. The van der Waals surface area contributed by atoms with Crippen LogP contribution in [0.2, 0.25) is 0 Å². The van der Waals surface area contributed by atoms with Crippen molar-refractivity contribution < 1.29 is 4.74 Å². The van der Waals surface area contributed by atoms with Crippen LogP contribution in [0.4, 0.5) is 5.69 Å². The number of ether oxygens (including phenoxy) is 1. The molecule has 0 aromatic heterocycles. The molecule has 4 nitrogen and oxygen atoms in total. The van der Waals surface area contributed by atoms with Crippen LogP contribution in [0, 0.1) is 0 Å². The maximum Gasteiger partial charge on any atom is 0.193 e. The fraction of sp³-hybridized carbons (Fsp3) is 0.188. The molecule has 1 aliphatic rings. The molecule has 0 aliphatic carbocycles. The van der Waals surface area contributed by atoms with Crippen LogP contribution in [0.5, 0.6) is 5.75 Å². The highest BCUT2D eigenvalue weighted by Crippen LogP contribution is 2.28. The van der Waals surface area contributed by atoms with Crippen LogP contribution in [0.15, 0.2) is 59.6 Å². The molecule has 5 heteroatoms. The zero-order chi connectivity index (χ0) is 13.8. The van der Waals surface area contributed by atoms with Crippen molar-refractivity contribution in [2.24, 2.45) is 10.7 Å². The predicted molar refractivity (Wildman–Crippen MR) is 96.5 cm³/mol. The van der Waals surface area contributed by atoms with Crippen molar-refractivity contribution in [3.8, 4) is 5.75 Å². The Hall–Kier alpha value is -1.76. The second-order valence-electron chi connectivity index (χ2n) is 4.77. The third-order valence-corrected chi connectivity index (χ3v) is 3.23. The number of halogens is 1. The van der Waals surface area contributed by atoms with Gasteiger partial charge in [0.15, 0.2) is 5.96 Å². The zero-order valence-electron chi connectivity index (χ0n) is 11.5. The van der Waals surface area contributed by atoms with E-state index in [4.69, 9.17) is 10.5 Å². The Bertz CT molecular complexity index is 591. The average molecular weight is 395 g/mol. The Balaban J connectivity index is 0.00000161. The number of benzene rings is 2. The van der Waals surface area contributed by atoms with Crippen molar-refractivity contribution in [2.75, 3.05) is 11.9 Å². The molecule has 1 unspecified atom stereocenters. The van der Waals surface area contributed by atoms with Crippen molar-refractivity contribution in [2.45, 2.75) is 12.5 Å². The van der Waals surface area contributed by atoms with Gasteiger partial charge in [0.2, 0.25) is 0 Å². The molecule has 0 amide bonds. The van der Waals surface area contributed by atoms with Crippen molar-refractivity contribution in [3.63, 3.8) is 0 Å². The van der Waals surface area contributed by atoms with Gasteiger partial charge in [-0.2, -0.15) is 0 Å². The number of hydrogen-bond donors (Lipinski definition) is 2. The van der Waals surface area contributed by atoms with Gasteiger partial charge >= 0.3 is 0 Å². The SMILES string of the molecule is I.NC(=NCC1Cc2ccccc2O1)Nc1ccccc1. The molecule has 0 saturated heterocycles. The first-order chi connectivity index (χ1) is 9.81. The van der Waals surface area contributed by atoms with Crippen molar-refractivity contribution in [3.05, 3.63) is 60.2 Å². The lowest BCUT2D eigenvalue weighted by molar-refractivity contribution is 0.242. The summed E-state index contributed by atoms with van der Waals surface area (Å²) in [6.45, 7) is 0.556. The summed E-state index contributed by atoms with van der Waals surface area (Å²) in [5.41, 5.74) is 8.05. The number of guanidine groups is 1. The van der Waals surface area contributed by atoms with Gasteiger partial charge in [0.25, 0.3) is 0 Å². The van der Waals surface area contributed by atoms with E-state index in [2.05, 4.69) is 16.4 Å². The van der Waals surface area contributed by atoms with E-state index in [1.807, 2.05) is 48.5 Å². The van der Waals surface area contributed by atoms with E-state index in [0.29, 0.717) is 12.5 Å². The summed E-state index contributed by atoms with van der Waals surface area (Å²) in [4.78, 5) is 4.34. The summed E-state index contributed by atoms with van der Waals surface area (Å²) in [6.07, 6.45) is 0.960. The molecule has 0 fully saturated rings. The number of nitrogens with two attached hydrogens (primary N) is 1. The minimum atomic E-state index is 0. The summed E-state index contributed by atoms with van der Waals surface area (Å²) in [5, 5.41) is 3.06. The van der Waals surface area contributed by atoms with E-state index < -0.39 is 0 Å². The van der Waals surface area contributed by atoms with Gasteiger partial charge in [-0.05, 0) is 23.8 Å². The van der Waals surface area contributed by atoms with Gasteiger partial charge in [0.05, 0.1) is 6.54 Å². The molecule has 1 aliphatic heterocycles. The molecule has 1 atom stereocenters. The van der Waals surface area contributed by atoms with E-state index in [1.165, 1.54) is 5.56 Å². The minimum Gasteiger partial charge on any atom is -0.488 e. The molecule has 2 aromatic rings. The number of nitrogens with one attached hydrogen (secondary N) is 1. The smallest absolute Gasteiger partial charge is 0.193 e. The predicted octanol–water partition coefficient (Wildman–Crippen LogP) is 3.03. The summed E-state index contributed by atoms with van der Waals surface area (Å²) < 4.78 is 5.82. The first-order valence-electron chi connectivity index (χ1n) is 6.68. The van der Waals surface area contributed by atoms with Gasteiger partial charge in [-0.15, -0.1) is 24.0 Å². The monoisotopic (exact) mass is 395 g/mol. The first kappa shape index (κ1) is 15.6. The molecule has 1 heterocycles. The quantitative estimate of drug-likeness (QED) is 0.477. The topological polar surface area (TPSA) is 59.6 Å². The highest BCUT2D eigenvalue weighted by atomic mass is 127. The lowest BCUT2D eigenvalue weighted by Gasteiger charge is -2.09. The van der Waals surface area contributed by atoms with Crippen LogP contribution in [0.1, 0.15) is 5.56 Å². The van der Waals surface area contributed by atoms with Crippen molar-refractivity contribution >= 4 is 35.6 Å². The number of para-hydroxylation sites is 2. The van der Waals surface area contributed by atoms with Gasteiger partial charge in [-0.25, -0.2) is 4.99 Å². The number of aliphatic imine (C=N–C) groups is 1. The second kappa shape index (κ2) is 7.31. The van der Waals surface area contributed by atoms with Gasteiger partial charge in [-0.3, -0.25) is 0 Å². The summed E-state index contributed by atoms with van der Waals surface area (Å²) >= 11 is 0. The number of anilines is 1. The van der Waals surface area contributed by atoms with Crippen molar-refractivity contribution in [1.29, 1.82) is 0 Å². The number of rotatable bonds is 3. The maximum absolute atomic E-state index is 5.87.